The van der Waals surface area contributed by atoms with Crippen LogP contribution in [0.2, 0.25) is 0 Å². The molecule has 0 spiro atoms. The summed E-state index contributed by atoms with van der Waals surface area (Å²) < 4.78 is 149. The van der Waals surface area contributed by atoms with E-state index in [0.29, 0.717) is 30.3 Å². The molecular formula is C34H24F10NO5-. The van der Waals surface area contributed by atoms with Gasteiger partial charge in [0.2, 0.25) is 0 Å². The molecule has 0 fully saturated rings. The smallest absolute Gasteiger partial charge is 0.461 e. The summed E-state index contributed by atoms with van der Waals surface area (Å²) in [5, 5.41) is 13.8. The molecule has 0 saturated heterocycles. The quantitative estimate of drug-likeness (QED) is 0.154. The van der Waals surface area contributed by atoms with Gasteiger partial charge in [0.1, 0.15) is 17.4 Å². The van der Waals surface area contributed by atoms with Crippen LogP contribution in [-0.2, 0) is 18.1 Å². The van der Waals surface area contributed by atoms with Crippen molar-refractivity contribution in [2.45, 2.75) is 50.6 Å². The predicted molar refractivity (Wildman–Crippen MR) is 154 cm³/mol. The van der Waals surface area contributed by atoms with Crippen LogP contribution in [-0.4, -0.2) is 30.5 Å². The first kappa shape index (κ1) is 37.5. The first-order chi connectivity index (χ1) is 23.2. The van der Waals surface area contributed by atoms with Gasteiger partial charge in [0, 0.05) is 18.1 Å². The highest BCUT2D eigenvalue weighted by molar-refractivity contribution is 5.95. The molecule has 1 atom stereocenters. The van der Waals surface area contributed by atoms with E-state index >= 15 is 4.39 Å². The fraction of sp³-hybridized carbons (Fsp3) is 0.235. The normalized spacial score (nSPS) is 13.2. The van der Waals surface area contributed by atoms with Crippen molar-refractivity contribution >= 4 is 11.9 Å². The van der Waals surface area contributed by atoms with Crippen LogP contribution in [0, 0.1) is 17.5 Å². The van der Waals surface area contributed by atoms with Crippen LogP contribution in [0.5, 0.6) is 11.5 Å². The fourth-order valence-corrected chi connectivity index (χ4v) is 4.96. The molecule has 0 bridgehead atoms. The summed E-state index contributed by atoms with van der Waals surface area (Å²) in [5.74, 6) is -8.67. The molecule has 1 unspecified atom stereocenters. The number of amides is 1. The van der Waals surface area contributed by atoms with Crippen molar-refractivity contribution in [3.8, 4) is 11.5 Å². The number of halogens is 10. The van der Waals surface area contributed by atoms with E-state index in [0.717, 1.165) is 30.3 Å². The van der Waals surface area contributed by atoms with Crippen molar-refractivity contribution in [2.24, 2.45) is 0 Å². The van der Waals surface area contributed by atoms with Gasteiger partial charge in [-0.05, 0) is 78.6 Å². The minimum absolute atomic E-state index is 0.102. The molecule has 1 amide bonds. The lowest BCUT2D eigenvalue weighted by molar-refractivity contribution is -0.255. The van der Waals surface area contributed by atoms with Gasteiger partial charge in [0.05, 0.1) is 23.2 Å². The Morgan fingerprint density at radius 1 is 0.780 bits per heavy atom. The maximum atomic E-state index is 15.2. The Hall–Kier alpha value is -5.28. The lowest BCUT2D eigenvalue weighted by Crippen LogP contribution is -2.49. The molecule has 0 aromatic heterocycles. The van der Waals surface area contributed by atoms with Crippen LogP contribution < -0.4 is 19.9 Å². The minimum atomic E-state index is -5.26. The number of carboxylic acid groups (broad SMARTS) is 1. The Labute approximate surface area is 277 Å². The molecule has 6 nitrogen and oxygen atoms in total. The molecule has 266 valence electrons. The molecular weight excluding hydrogens is 692 g/mol. The summed E-state index contributed by atoms with van der Waals surface area (Å²) in [5.41, 5.74) is -5.97. The van der Waals surface area contributed by atoms with Gasteiger partial charge in [-0.1, -0.05) is 30.3 Å². The first-order valence-electron chi connectivity index (χ1n) is 14.3. The number of carbonyl (C=O) groups excluding carboxylic acids is 2. The van der Waals surface area contributed by atoms with E-state index in [1.54, 1.807) is 0 Å². The van der Waals surface area contributed by atoms with Crippen molar-refractivity contribution in [3.05, 3.63) is 130 Å². The summed E-state index contributed by atoms with van der Waals surface area (Å²) in [4.78, 5) is 25.2. The maximum absolute atomic E-state index is 15.2. The molecule has 0 heterocycles. The van der Waals surface area contributed by atoms with Crippen LogP contribution in [0.4, 0.5) is 43.9 Å². The maximum Gasteiger partial charge on any atom is 0.461 e. The van der Waals surface area contributed by atoms with Gasteiger partial charge in [-0.3, -0.25) is 4.79 Å². The Morgan fingerprint density at radius 3 is 1.98 bits per heavy atom. The molecule has 0 radical (unpaired) electrons. The molecule has 0 aliphatic rings. The largest absolute Gasteiger partial charge is 0.545 e. The molecule has 4 aromatic carbocycles. The SMILES string of the molecule is CC(C)Oc1cc(C(Cc2ccc(C(=O)[O-])cc2)(NC(=O)c2ccc(F)c(C(F)(F)F)c2)c2cc(F)cc(OC(F)(F)C(F)F)c2)ccc1F. The zero-order valence-electron chi connectivity index (χ0n) is 25.7. The number of rotatable bonds is 12. The molecule has 50 heavy (non-hydrogen) atoms. The van der Waals surface area contributed by atoms with E-state index in [4.69, 9.17) is 4.74 Å². The highest BCUT2D eigenvalue weighted by Crippen LogP contribution is 2.40. The molecule has 0 aliphatic heterocycles. The third kappa shape index (κ3) is 8.47. The predicted octanol–water partition coefficient (Wildman–Crippen LogP) is 7.43. The highest BCUT2D eigenvalue weighted by Gasteiger charge is 2.45. The number of nitrogens with one attached hydrogen (secondary N) is 1. The van der Waals surface area contributed by atoms with Gasteiger partial charge < -0.3 is 24.7 Å². The van der Waals surface area contributed by atoms with Crippen molar-refractivity contribution in [1.29, 1.82) is 0 Å². The Balaban J connectivity index is 2.05. The average Bonchev–Trinajstić information content (AvgIpc) is 3.00. The number of ether oxygens (including phenoxy) is 2. The van der Waals surface area contributed by atoms with E-state index in [1.807, 2.05) is 0 Å². The van der Waals surface area contributed by atoms with Gasteiger partial charge in [0.15, 0.2) is 11.6 Å². The topological polar surface area (TPSA) is 87.7 Å². The summed E-state index contributed by atoms with van der Waals surface area (Å²) in [6.07, 6.45) is -16.1. The molecule has 0 aliphatic carbocycles. The second-order valence-electron chi connectivity index (χ2n) is 11.2. The van der Waals surface area contributed by atoms with Crippen molar-refractivity contribution < 1.29 is 68.1 Å². The third-order valence-electron chi connectivity index (χ3n) is 7.18. The molecule has 4 rings (SSSR count). The summed E-state index contributed by atoms with van der Waals surface area (Å²) >= 11 is 0. The zero-order chi connectivity index (χ0) is 37.2. The number of hydrogen-bond donors (Lipinski definition) is 1. The fourth-order valence-electron chi connectivity index (χ4n) is 4.96. The Kier molecular flexibility index (Phi) is 10.7. The summed E-state index contributed by atoms with van der Waals surface area (Å²) in [6, 6.07) is 10.2. The van der Waals surface area contributed by atoms with Crippen LogP contribution in [0.15, 0.2) is 78.9 Å². The molecule has 4 aromatic rings. The second kappa shape index (κ2) is 14.3. The molecule has 0 saturated carbocycles. The van der Waals surface area contributed by atoms with E-state index < -0.39 is 94.3 Å². The molecule has 16 heteroatoms. The highest BCUT2D eigenvalue weighted by atomic mass is 19.4. The van der Waals surface area contributed by atoms with Gasteiger partial charge in [-0.15, -0.1) is 0 Å². The second-order valence-corrected chi connectivity index (χ2v) is 11.2. The number of alkyl halides is 7. The van der Waals surface area contributed by atoms with E-state index in [2.05, 4.69) is 10.1 Å². The van der Waals surface area contributed by atoms with Gasteiger partial charge >= 0.3 is 18.7 Å². The summed E-state index contributed by atoms with van der Waals surface area (Å²) in [6.45, 7) is 3.04. The Morgan fingerprint density at radius 2 is 1.40 bits per heavy atom. The third-order valence-corrected chi connectivity index (χ3v) is 7.18. The van der Waals surface area contributed by atoms with Crippen LogP contribution in [0.3, 0.4) is 0 Å². The number of carboxylic acids is 1. The van der Waals surface area contributed by atoms with Gasteiger partial charge in [-0.2, -0.15) is 30.7 Å². The van der Waals surface area contributed by atoms with Crippen LogP contribution in [0.25, 0.3) is 0 Å². The van der Waals surface area contributed by atoms with Crippen LogP contribution >= 0.6 is 0 Å². The van der Waals surface area contributed by atoms with E-state index in [1.165, 1.54) is 26.0 Å². The van der Waals surface area contributed by atoms with Crippen molar-refractivity contribution in [3.63, 3.8) is 0 Å². The average molecular weight is 717 g/mol. The van der Waals surface area contributed by atoms with Gasteiger partial charge in [-0.25, -0.2) is 13.2 Å². The number of carbonyl (C=O) groups is 2. The minimum Gasteiger partial charge on any atom is -0.545 e. The zero-order valence-corrected chi connectivity index (χ0v) is 25.7. The van der Waals surface area contributed by atoms with Gasteiger partial charge in [0.25, 0.3) is 5.91 Å². The van der Waals surface area contributed by atoms with Crippen LogP contribution in [0.1, 0.15) is 56.8 Å². The lowest BCUT2D eigenvalue weighted by atomic mass is 9.77. The first-order valence-corrected chi connectivity index (χ1v) is 14.3. The standard InChI is InChI=1S/C34H25F10NO5/c1-17(2)49-28-14-21(8-10-27(28)37)32(16-18-3-5-19(6-4-18)30(47)48,22-12-23(35)15-24(13-22)50-34(43,44)31(38)39)45-29(46)20-7-9-26(36)25(11-20)33(40,41)42/h3-15,17,31H,16H2,1-2H3,(H,45,46)(H,47,48)/p-1. The monoisotopic (exact) mass is 716 g/mol. The summed E-state index contributed by atoms with van der Waals surface area (Å²) in [7, 11) is 0. The lowest BCUT2D eigenvalue weighted by Gasteiger charge is -2.37. The Bertz CT molecular complexity index is 1880. The van der Waals surface area contributed by atoms with E-state index in [-0.39, 0.29) is 22.8 Å². The number of aromatic carboxylic acids is 1. The van der Waals surface area contributed by atoms with Crippen molar-refractivity contribution in [2.75, 3.05) is 0 Å². The number of hydrogen-bond acceptors (Lipinski definition) is 5. The van der Waals surface area contributed by atoms with Crippen molar-refractivity contribution in [1.82, 2.24) is 5.32 Å². The van der Waals surface area contributed by atoms with E-state index in [9.17, 15) is 54.2 Å². The number of benzene rings is 4. The molecule has 1 N–H and O–H groups in total.